The summed E-state index contributed by atoms with van der Waals surface area (Å²) < 4.78 is 48.1. The number of halogens is 3. The molecule has 2 rings (SSSR count). The summed E-state index contributed by atoms with van der Waals surface area (Å²) >= 11 is 0. The van der Waals surface area contributed by atoms with Gasteiger partial charge in [-0.15, -0.1) is 5.06 Å². The first-order valence-electron chi connectivity index (χ1n) is 8.09. The van der Waals surface area contributed by atoms with E-state index in [1.165, 1.54) is 0 Å². The standard InChI is InChI=1S/C18H12F3N3O7/c1-23(17(26)29-2)31-16(25)13-8-12(4-5-14(13)24(27)28)30-15-6-3-11(18(19,20)21)7-10(15)9-22/h3-8H,1-2H3. The number of ether oxygens (including phenoxy) is 2. The quantitative estimate of drug-likeness (QED) is 0.515. The third-order valence-electron chi connectivity index (χ3n) is 3.69. The van der Waals surface area contributed by atoms with Gasteiger partial charge in [0.05, 0.1) is 30.2 Å². The van der Waals surface area contributed by atoms with Crippen molar-refractivity contribution >= 4 is 17.7 Å². The van der Waals surface area contributed by atoms with Crippen molar-refractivity contribution in [2.75, 3.05) is 14.2 Å². The molecule has 162 valence electrons. The number of rotatable bonds is 4. The second-order valence-electron chi connectivity index (χ2n) is 5.70. The number of nitriles is 1. The van der Waals surface area contributed by atoms with Crippen LogP contribution in [0.25, 0.3) is 0 Å². The Kier molecular flexibility index (Phi) is 6.65. The van der Waals surface area contributed by atoms with Crippen molar-refractivity contribution < 1.29 is 42.0 Å². The Morgan fingerprint density at radius 3 is 2.42 bits per heavy atom. The predicted molar refractivity (Wildman–Crippen MR) is 94.9 cm³/mol. The highest BCUT2D eigenvalue weighted by atomic mass is 19.4. The van der Waals surface area contributed by atoms with Crippen molar-refractivity contribution in [2.45, 2.75) is 6.18 Å². The average Bonchev–Trinajstić information content (AvgIpc) is 2.72. The Balaban J connectivity index is 2.40. The van der Waals surface area contributed by atoms with Gasteiger partial charge in [0.15, 0.2) is 0 Å². The van der Waals surface area contributed by atoms with Gasteiger partial charge >= 0.3 is 18.2 Å². The van der Waals surface area contributed by atoms with E-state index in [2.05, 4.69) is 9.57 Å². The molecule has 1 amide bonds. The highest BCUT2D eigenvalue weighted by Gasteiger charge is 2.31. The Morgan fingerprint density at radius 2 is 1.87 bits per heavy atom. The summed E-state index contributed by atoms with van der Waals surface area (Å²) in [5.74, 6) is -1.80. The van der Waals surface area contributed by atoms with Crippen LogP contribution in [-0.2, 0) is 15.8 Å². The first-order valence-corrected chi connectivity index (χ1v) is 8.09. The van der Waals surface area contributed by atoms with Crippen LogP contribution in [0.2, 0.25) is 0 Å². The number of nitro benzene ring substituents is 1. The summed E-state index contributed by atoms with van der Waals surface area (Å²) in [4.78, 5) is 38.6. The third-order valence-corrected chi connectivity index (χ3v) is 3.69. The van der Waals surface area contributed by atoms with Gasteiger partial charge in [0.2, 0.25) is 0 Å². The van der Waals surface area contributed by atoms with Crippen molar-refractivity contribution in [2.24, 2.45) is 0 Å². The van der Waals surface area contributed by atoms with Gasteiger partial charge in [-0.05, 0) is 24.3 Å². The van der Waals surface area contributed by atoms with Gasteiger partial charge < -0.3 is 14.3 Å². The predicted octanol–water partition coefficient (Wildman–Crippen LogP) is 4.05. The Labute approximate surface area is 172 Å². The molecule has 0 spiro atoms. The Bertz CT molecular complexity index is 1080. The van der Waals surface area contributed by atoms with Crippen LogP contribution in [-0.4, -0.2) is 36.2 Å². The minimum absolute atomic E-state index is 0.213. The molecule has 13 heteroatoms. The van der Waals surface area contributed by atoms with Crippen LogP contribution in [0.15, 0.2) is 36.4 Å². The molecule has 0 aromatic heterocycles. The lowest BCUT2D eigenvalue weighted by Crippen LogP contribution is -2.29. The maximum absolute atomic E-state index is 12.8. The minimum Gasteiger partial charge on any atom is -0.456 e. The SMILES string of the molecule is COC(=O)N(C)OC(=O)c1cc(Oc2ccc(C(F)(F)F)cc2C#N)ccc1[N+](=O)[O-]. The average molecular weight is 439 g/mol. The number of nitro groups is 1. The number of hydrogen-bond acceptors (Lipinski definition) is 8. The molecule has 0 aliphatic rings. The largest absolute Gasteiger partial charge is 0.456 e. The molecule has 10 nitrogen and oxygen atoms in total. The first kappa shape index (κ1) is 22.9. The summed E-state index contributed by atoms with van der Waals surface area (Å²) in [6, 6.07) is 6.54. The topological polar surface area (TPSA) is 132 Å². The van der Waals surface area contributed by atoms with Gasteiger partial charge in [-0.3, -0.25) is 10.1 Å². The van der Waals surface area contributed by atoms with Gasteiger partial charge in [-0.1, -0.05) is 0 Å². The van der Waals surface area contributed by atoms with E-state index >= 15 is 0 Å². The lowest BCUT2D eigenvalue weighted by atomic mass is 10.1. The van der Waals surface area contributed by atoms with E-state index in [1.54, 1.807) is 6.07 Å². The molecule has 0 N–H and O–H groups in total. The summed E-state index contributed by atoms with van der Waals surface area (Å²) in [5.41, 5.74) is -2.84. The van der Waals surface area contributed by atoms with Gasteiger partial charge in [-0.2, -0.15) is 18.4 Å². The summed E-state index contributed by atoms with van der Waals surface area (Å²) in [6.45, 7) is 0. The number of amides is 1. The van der Waals surface area contributed by atoms with Crippen LogP contribution in [0.3, 0.4) is 0 Å². The van der Waals surface area contributed by atoms with Crippen molar-refractivity contribution in [1.29, 1.82) is 5.26 Å². The van der Waals surface area contributed by atoms with E-state index in [1.807, 2.05) is 0 Å². The third kappa shape index (κ3) is 5.38. The van der Waals surface area contributed by atoms with Crippen molar-refractivity contribution in [3.63, 3.8) is 0 Å². The fourth-order valence-corrected chi connectivity index (χ4v) is 2.25. The molecule has 0 fully saturated rings. The van der Waals surface area contributed by atoms with E-state index in [9.17, 15) is 32.9 Å². The number of carbonyl (C=O) groups excluding carboxylic acids is 2. The first-order chi connectivity index (χ1) is 14.5. The van der Waals surface area contributed by atoms with E-state index < -0.39 is 45.5 Å². The molecule has 31 heavy (non-hydrogen) atoms. The van der Waals surface area contributed by atoms with E-state index in [0.717, 1.165) is 38.4 Å². The molecule has 0 radical (unpaired) electrons. The molecule has 0 bridgehead atoms. The normalized spacial score (nSPS) is 10.6. The van der Waals surface area contributed by atoms with Gasteiger partial charge in [-0.25, -0.2) is 9.59 Å². The lowest BCUT2D eigenvalue weighted by Gasteiger charge is -2.15. The second-order valence-corrected chi connectivity index (χ2v) is 5.70. The van der Waals surface area contributed by atoms with Crippen molar-refractivity contribution in [3.05, 3.63) is 63.2 Å². The number of alkyl halides is 3. The maximum atomic E-state index is 12.8. The maximum Gasteiger partial charge on any atom is 0.442 e. The second kappa shape index (κ2) is 8.99. The van der Waals surface area contributed by atoms with E-state index in [0.29, 0.717) is 17.2 Å². The van der Waals surface area contributed by atoms with Crippen molar-refractivity contribution in [3.8, 4) is 17.6 Å². The molecule has 2 aromatic rings. The van der Waals surface area contributed by atoms with Crippen LogP contribution in [0, 0.1) is 21.4 Å². The smallest absolute Gasteiger partial charge is 0.442 e. The zero-order chi connectivity index (χ0) is 23.3. The number of nitrogens with zero attached hydrogens (tertiary/aromatic N) is 3. The monoisotopic (exact) mass is 439 g/mol. The number of methoxy groups -OCH3 is 1. The molecule has 2 aromatic carbocycles. The summed E-state index contributed by atoms with van der Waals surface area (Å²) in [6.07, 6.45) is -5.74. The van der Waals surface area contributed by atoms with Gasteiger partial charge in [0, 0.05) is 12.1 Å². The minimum atomic E-state index is -4.68. The molecule has 0 aliphatic heterocycles. The molecular formula is C18H12F3N3O7. The molecule has 0 aliphatic carbocycles. The Morgan fingerprint density at radius 1 is 1.19 bits per heavy atom. The van der Waals surface area contributed by atoms with Gasteiger partial charge in [0.1, 0.15) is 23.1 Å². The van der Waals surface area contributed by atoms with Crippen LogP contribution in [0.5, 0.6) is 11.5 Å². The van der Waals surface area contributed by atoms with Crippen LogP contribution in [0.4, 0.5) is 23.7 Å². The summed E-state index contributed by atoms with van der Waals surface area (Å²) in [5, 5.41) is 20.7. The molecule has 0 heterocycles. The van der Waals surface area contributed by atoms with Crippen LogP contribution >= 0.6 is 0 Å². The molecular weight excluding hydrogens is 427 g/mol. The number of hydrogen-bond donors (Lipinski definition) is 0. The van der Waals surface area contributed by atoms with Gasteiger partial charge in [0.25, 0.3) is 5.69 Å². The fraction of sp³-hybridized carbons (Fsp3) is 0.167. The fourth-order valence-electron chi connectivity index (χ4n) is 2.25. The van der Waals surface area contributed by atoms with Crippen LogP contribution in [0.1, 0.15) is 21.5 Å². The highest BCUT2D eigenvalue weighted by molar-refractivity contribution is 5.94. The van der Waals surface area contributed by atoms with E-state index in [4.69, 9.17) is 10.00 Å². The molecule has 0 saturated carbocycles. The molecule has 0 saturated heterocycles. The zero-order valence-electron chi connectivity index (χ0n) is 15.8. The summed E-state index contributed by atoms with van der Waals surface area (Å²) in [7, 11) is 2.04. The molecule has 0 unspecified atom stereocenters. The highest BCUT2D eigenvalue weighted by Crippen LogP contribution is 2.35. The number of benzene rings is 2. The molecule has 0 atom stereocenters. The number of hydroxylamine groups is 2. The number of carbonyl (C=O) groups is 2. The van der Waals surface area contributed by atoms with Crippen molar-refractivity contribution in [1.82, 2.24) is 5.06 Å². The Hall–Kier alpha value is -4.34. The lowest BCUT2D eigenvalue weighted by molar-refractivity contribution is -0.385. The van der Waals surface area contributed by atoms with Crippen LogP contribution < -0.4 is 4.74 Å². The van der Waals surface area contributed by atoms with E-state index in [-0.39, 0.29) is 11.5 Å². The zero-order valence-corrected chi connectivity index (χ0v) is 15.8.